The van der Waals surface area contributed by atoms with E-state index in [9.17, 15) is 4.79 Å². The summed E-state index contributed by atoms with van der Waals surface area (Å²) in [5, 5.41) is 12.6. The molecule has 1 heterocycles. The van der Waals surface area contributed by atoms with Crippen LogP contribution in [0, 0.1) is 0 Å². The van der Waals surface area contributed by atoms with Crippen molar-refractivity contribution in [2.24, 2.45) is 0 Å². The number of allylic oxidation sites excluding steroid dienone is 1. The molecule has 3 aromatic rings. The van der Waals surface area contributed by atoms with E-state index in [4.69, 9.17) is 0 Å². The third kappa shape index (κ3) is 5.83. The van der Waals surface area contributed by atoms with Gasteiger partial charge in [-0.1, -0.05) is 91.8 Å². The van der Waals surface area contributed by atoms with Gasteiger partial charge in [-0.3, -0.25) is 4.79 Å². The van der Waals surface area contributed by atoms with Crippen molar-refractivity contribution in [2.45, 2.75) is 43.9 Å². The molecule has 0 saturated heterocycles. The Morgan fingerprint density at radius 3 is 2.30 bits per heavy atom. The number of aromatic nitrogens is 3. The number of benzene rings is 2. The standard InChI is InChI=1S/C24H28N4OS/c1-3-5-16-21-26-27-24(28(21)17-4-2)30-18-22(29)25-23(19-12-8-6-9-13-19)20-14-10-7-11-15-20/h4,6-15,23H,2-3,5,16-18H2,1H3,(H,25,29). The lowest BCUT2D eigenvalue weighted by Crippen LogP contribution is -2.30. The average Bonchev–Trinajstić information content (AvgIpc) is 3.17. The highest BCUT2D eigenvalue weighted by Crippen LogP contribution is 2.23. The molecule has 0 aliphatic heterocycles. The molecule has 1 amide bonds. The zero-order valence-corrected chi connectivity index (χ0v) is 18.1. The molecule has 0 spiro atoms. The Labute approximate surface area is 182 Å². The van der Waals surface area contributed by atoms with Gasteiger partial charge in [-0.05, 0) is 17.5 Å². The quantitative estimate of drug-likeness (QED) is 0.357. The lowest BCUT2D eigenvalue weighted by Gasteiger charge is -2.20. The summed E-state index contributed by atoms with van der Waals surface area (Å²) in [5.74, 6) is 1.19. The topological polar surface area (TPSA) is 59.8 Å². The minimum absolute atomic E-state index is 0.0408. The molecule has 0 radical (unpaired) electrons. The molecule has 3 rings (SSSR count). The SMILES string of the molecule is C=CCn1c(CCCC)nnc1SCC(=O)NC(c1ccccc1)c1ccccc1. The lowest BCUT2D eigenvalue weighted by atomic mass is 9.99. The van der Waals surface area contributed by atoms with E-state index in [2.05, 4.69) is 29.0 Å². The number of carbonyl (C=O) groups excluding carboxylic acids is 1. The van der Waals surface area contributed by atoms with E-state index in [-0.39, 0.29) is 17.7 Å². The molecular formula is C24H28N4OS. The number of amides is 1. The fraction of sp³-hybridized carbons (Fsp3) is 0.292. The monoisotopic (exact) mass is 420 g/mol. The highest BCUT2D eigenvalue weighted by atomic mass is 32.2. The van der Waals surface area contributed by atoms with Crippen LogP contribution in [0.2, 0.25) is 0 Å². The Morgan fingerprint density at radius 2 is 1.73 bits per heavy atom. The summed E-state index contributed by atoms with van der Waals surface area (Å²) in [5.41, 5.74) is 2.11. The smallest absolute Gasteiger partial charge is 0.231 e. The van der Waals surface area contributed by atoms with Gasteiger partial charge in [0.25, 0.3) is 0 Å². The largest absolute Gasteiger partial charge is 0.344 e. The molecule has 1 aromatic heterocycles. The van der Waals surface area contributed by atoms with E-state index in [1.807, 2.05) is 71.3 Å². The van der Waals surface area contributed by atoms with Crippen LogP contribution in [0.15, 0.2) is 78.5 Å². The number of thioether (sulfide) groups is 1. The first kappa shape index (κ1) is 21.8. The molecule has 0 fully saturated rings. The molecule has 0 aliphatic rings. The number of aryl methyl sites for hydroxylation is 1. The molecule has 156 valence electrons. The second-order valence-electron chi connectivity index (χ2n) is 7.01. The number of carbonyl (C=O) groups is 1. The zero-order valence-electron chi connectivity index (χ0n) is 17.3. The molecular weight excluding hydrogens is 392 g/mol. The Balaban J connectivity index is 1.69. The summed E-state index contributed by atoms with van der Waals surface area (Å²) in [6.45, 7) is 6.64. The van der Waals surface area contributed by atoms with Crippen LogP contribution in [-0.4, -0.2) is 26.4 Å². The van der Waals surface area contributed by atoms with Crippen molar-refractivity contribution in [3.63, 3.8) is 0 Å². The summed E-state index contributed by atoms with van der Waals surface area (Å²) in [4.78, 5) is 12.8. The van der Waals surface area contributed by atoms with Gasteiger partial charge in [0.15, 0.2) is 5.16 Å². The second kappa shape index (κ2) is 11.4. The van der Waals surface area contributed by atoms with E-state index < -0.39 is 0 Å². The molecule has 30 heavy (non-hydrogen) atoms. The predicted molar refractivity (Wildman–Crippen MR) is 122 cm³/mol. The predicted octanol–water partition coefficient (Wildman–Crippen LogP) is 4.80. The highest BCUT2D eigenvalue weighted by Gasteiger charge is 2.18. The number of nitrogens with one attached hydrogen (secondary N) is 1. The summed E-state index contributed by atoms with van der Waals surface area (Å²) < 4.78 is 2.05. The lowest BCUT2D eigenvalue weighted by molar-refractivity contribution is -0.119. The van der Waals surface area contributed by atoms with Crippen molar-refractivity contribution < 1.29 is 4.79 Å². The van der Waals surface area contributed by atoms with E-state index in [1.54, 1.807) is 0 Å². The van der Waals surface area contributed by atoms with Gasteiger partial charge in [-0.15, -0.1) is 16.8 Å². The summed E-state index contributed by atoms with van der Waals surface area (Å²) in [6.07, 6.45) is 4.89. The summed E-state index contributed by atoms with van der Waals surface area (Å²) >= 11 is 1.41. The van der Waals surface area contributed by atoms with Gasteiger partial charge in [-0.25, -0.2) is 0 Å². The normalized spacial score (nSPS) is 10.9. The van der Waals surface area contributed by atoms with Crippen LogP contribution in [0.1, 0.15) is 42.8 Å². The van der Waals surface area contributed by atoms with Crippen molar-refractivity contribution in [2.75, 3.05) is 5.75 Å². The van der Waals surface area contributed by atoms with Crippen LogP contribution < -0.4 is 5.32 Å². The van der Waals surface area contributed by atoms with Crippen molar-refractivity contribution in [3.05, 3.63) is 90.3 Å². The van der Waals surface area contributed by atoms with Gasteiger partial charge in [0.05, 0.1) is 11.8 Å². The fourth-order valence-corrected chi connectivity index (χ4v) is 4.02. The van der Waals surface area contributed by atoms with Gasteiger partial charge < -0.3 is 9.88 Å². The van der Waals surface area contributed by atoms with Crippen LogP contribution in [0.3, 0.4) is 0 Å². The Bertz CT molecular complexity index is 901. The van der Waals surface area contributed by atoms with E-state index >= 15 is 0 Å². The van der Waals surface area contributed by atoms with Gasteiger partial charge in [-0.2, -0.15) is 0 Å². The highest BCUT2D eigenvalue weighted by molar-refractivity contribution is 7.99. The van der Waals surface area contributed by atoms with Crippen molar-refractivity contribution in [1.29, 1.82) is 0 Å². The molecule has 0 atom stereocenters. The minimum atomic E-state index is -0.188. The molecule has 6 heteroatoms. The molecule has 0 bridgehead atoms. The number of unbranched alkanes of at least 4 members (excludes halogenated alkanes) is 1. The molecule has 1 N–H and O–H groups in total. The van der Waals surface area contributed by atoms with Crippen LogP contribution in [0.4, 0.5) is 0 Å². The number of hydrogen-bond donors (Lipinski definition) is 1. The van der Waals surface area contributed by atoms with Crippen LogP contribution in [-0.2, 0) is 17.8 Å². The van der Waals surface area contributed by atoms with Crippen LogP contribution in [0.5, 0.6) is 0 Å². The second-order valence-corrected chi connectivity index (χ2v) is 7.95. The first-order chi connectivity index (χ1) is 14.7. The number of hydrogen-bond acceptors (Lipinski definition) is 4. The van der Waals surface area contributed by atoms with E-state index in [0.29, 0.717) is 6.54 Å². The maximum atomic E-state index is 12.8. The minimum Gasteiger partial charge on any atom is -0.344 e. The molecule has 0 unspecified atom stereocenters. The third-order valence-electron chi connectivity index (χ3n) is 4.76. The van der Waals surface area contributed by atoms with Gasteiger partial charge in [0.2, 0.25) is 5.91 Å². The number of nitrogens with zero attached hydrogens (tertiary/aromatic N) is 3. The molecule has 0 aliphatic carbocycles. The third-order valence-corrected chi connectivity index (χ3v) is 5.73. The van der Waals surface area contributed by atoms with Crippen LogP contribution >= 0.6 is 11.8 Å². The fourth-order valence-electron chi connectivity index (χ4n) is 3.24. The summed E-state index contributed by atoms with van der Waals surface area (Å²) in [7, 11) is 0. The Morgan fingerprint density at radius 1 is 1.10 bits per heavy atom. The van der Waals surface area contributed by atoms with Crippen molar-refractivity contribution in [1.82, 2.24) is 20.1 Å². The summed E-state index contributed by atoms with van der Waals surface area (Å²) in [6, 6.07) is 19.9. The Hall–Kier alpha value is -2.86. The maximum absolute atomic E-state index is 12.8. The Kier molecular flexibility index (Phi) is 8.27. The zero-order chi connectivity index (χ0) is 21.2. The van der Waals surface area contributed by atoms with E-state index in [0.717, 1.165) is 41.4 Å². The van der Waals surface area contributed by atoms with Gasteiger partial charge in [0.1, 0.15) is 5.82 Å². The number of rotatable bonds is 11. The van der Waals surface area contributed by atoms with E-state index in [1.165, 1.54) is 11.8 Å². The maximum Gasteiger partial charge on any atom is 0.231 e. The first-order valence-electron chi connectivity index (χ1n) is 10.3. The van der Waals surface area contributed by atoms with Gasteiger partial charge >= 0.3 is 0 Å². The van der Waals surface area contributed by atoms with Crippen molar-refractivity contribution >= 4 is 17.7 Å². The van der Waals surface area contributed by atoms with Crippen LogP contribution in [0.25, 0.3) is 0 Å². The van der Waals surface area contributed by atoms with Gasteiger partial charge in [0, 0.05) is 13.0 Å². The molecule has 0 saturated carbocycles. The molecule has 5 nitrogen and oxygen atoms in total. The molecule has 2 aromatic carbocycles. The van der Waals surface area contributed by atoms with Crippen molar-refractivity contribution in [3.8, 4) is 0 Å². The average molecular weight is 421 g/mol. The first-order valence-corrected chi connectivity index (χ1v) is 11.3.